The van der Waals surface area contributed by atoms with Crippen LogP contribution in [0.3, 0.4) is 0 Å². The van der Waals surface area contributed by atoms with E-state index in [2.05, 4.69) is 59.8 Å². The maximum Gasteiger partial charge on any atom is -0.0112 e. The van der Waals surface area contributed by atoms with Gasteiger partial charge in [0.1, 0.15) is 0 Å². The SMILES string of the molecule is CC.CC.CCC1C(C)C=CC(C)(C)C12CC=C(C)C(C)C2. The monoisotopic (exact) mass is 306 g/mol. The fourth-order valence-corrected chi connectivity index (χ4v) is 4.60. The van der Waals surface area contributed by atoms with Gasteiger partial charge in [0.05, 0.1) is 0 Å². The predicted molar refractivity (Wildman–Crippen MR) is 103 cm³/mol. The summed E-state index contributed by atoms with van der Waals surface area (Å²) in [7, 11) is 0. The minimum atomic E-state index is 0.339. The summed E-state index contributed by atoms with van der Waals surface area (Å²) < 4.78 is 0. The molecule has 4 atom stereocenters. The summed E-state index contributed by atoms with van der Waals surface area (Å²) in [5.74, 6) is 2.33. The van der Waals surface area contributed by atoms with Crippen molar-refractivity contribution in [2.75, 3.05) is 0 Å². The second kappa shape index (κ2) is 8.94. The van der Waals surface area contributed by atoms with Crippen molar-refractivity contribution in [2.24, 2.45) is 28.6 Å². The van der Waals surface area contributed by atoms with Gasteiger partial charge >= 0.3 is 0 Å². The van der Waals surface area contributed by atoms with Gasteiger partial charge in [-0.05, 0) is 48.3 Å². The van der Waals surface area contributed by atoms with E-state index in [0.29, 0.717) is 10.8 Å². The van der Waals surface area contributed by atoms with Crippen molar-refractivity contribution in [2.45, 2.75) is 88.5 Å². The van der Waals surface area contributed by atoms with Crippen LogP contribution in [0.25, 0.3) is 0 Å². The van der Waals surface area contributed by atoms with Crippen LogP contribution in [-0.4, -0.2) is 0 Å². The van der Waals surface area contributed by atoms with Gasteiger partial charge in [0.25, 0.3) is 0 Å². The summed E-state index contributed by atoms with van der Waals surface area (Å²) in [4.78, 5) is 0. The quantitative estimate of drug-likeness (QED) is 0.436. The normalized spacial score (nSPS) is 35.7. The molecule has 0 aromatic carbocycles. The molecule has 0 aliphatic heterocycles. The lowest BCUT2D eigenvalue weighted by Gasteiger charge is -2.57. The van der Waals surface area contributed by atoms with Gasteiger partial charge in [0.2, 0.25) is 0 Å². The summed E-state index contributed by atoms with van der Waals surface area (Å²) in [6.07, 6.45) is 11.5. The van der Waals surface area contributed by atoms with Gasteiger partial charge in [-0.25, -0.2) is 0 Å². The minimum Gasteiger partial charge on any atom is -0.0848 e. The molecule has 0 N–H and O–H groups in total. The third-order valence-corrected chi connectivity index (χ3v) is 6.12. The van der Waals surface area contributed by atoms with Gasteiger partial charge in [-0.3, -0.25) is 0 Å². The highest BCUT2D eigenvalue weighted by molar-refractivity contribution is 5.22. The molecule has 0 saturated heterocycles. The maximum absolute atomic E-state index is 2.53. The van der Waals surface area contributed by atoms with Crippen molar-refractivity contribution in [1.82, 2.24) is 0 Å². The molecule has 0 fully saturated rings. The number of rotatable bonds is 1. The van der Waals surface area contributed by atoms with Crippen molar-refractivity contribution in [3.63, 3.8) is 0 Å². The second-order valence-corrected chi connectivity index (χ2v) is 7.37. The van der Waals surface area contributed by atoms with Gasteiger partial charge < -0.3 is 0 Å². The standard InChI is InChI=1S/C18H30.2C2H6/c1-7-16-14(3)8-10-17(5,6)18(16)11-9-13(2)15(4)12-18;2*1-2/h8-10,14-16H,7,11-12H2,1-6H3;2*1-2H3. The third kappa shape index (κ3) is 3.87. The van der Waals surface area contributed by atoms with E-state index < -0.39 is 0 Å². The van der Waals surface area contributed by atoms with E-state index >= 15 is 0 Å². The summed E-state index contributed by atoms with van der Waals surface area (Å²) in [5, 5.41) is 0. The number of hydrogen-bond donors (Lipinski definition) is 0. The second-order valence-electron chi connectivity index (χ2n) is 7.37. The molecule has 0 amide bonds. The van der Waals surface area contributed by atoms with Crippen LogP contribution in [0.2, 0.25) is 0 Å². The van der Waals surface area contributed by atoms with Gasteiger partial charge in [-0.2, -0.15) is 0 Å². The highest BCUT2D eigenvalue weighted by Gasteiger charge is 2.52. The van der Waals surface area contributed by atoms with E-state index in [1.54, 1.807) is 5.57 Å². The fourth-order valence-electron chi connectivity index (χ4n) is 4.60. The molecule has 130 valence electrons. The number of hydrogen-bond acceptors (Lipinski definition) is 0. The van der Waals surface area contributed by atoms with Crippen molar-refractivity contribution in [1.29, 1.82) is 0 Å². The van der Waals surface area contributed by atoms with Crippen LogP contribution in [0.15, 0.2) is 23.8 Å². The Bertz CT molecular complexity index is 371. The largest absolute Gasteiger partial charge is 0.0848 e. The smallest absolute Gasteiger partial charge is 0.0112 e. The molecule has 0 aromatic heterocycles. The van der Waals surface area contributed by atoms with Gasteiger partial charge in [0, 0.05) is 0 Å². The first kappa shape index (κ1) is 21.5. The predicted octanol–water partition coefficient (Wildman–Crippen LogP) is 7.66. The Labute approximate surface area is 141 Å². The van der Waals surface area contributed by atoms with Crippen molar-refractivity contribution in [3.8, 4) is 0 Å². The van der Waals surface area contributed by atoms with E-state index in [9.17, 15) is 0 Å². The highest BCUT2D eigenvalue weighted by Crippen LogP contribution is 2.60. The van der Waals surface area contributed by atoms with Crippen LogP contribution < -0.4 is 0 Å². The minimum absolute atomic E-state index is 0.339. The van der Waals surface area contributed by atoms with Crippen LogP contribution in [-0.2, 0) is 0 Å². The molecule has 4 unspecified atom stereocenters. The van der Waals surface area contributed by atoms with Crippen LogP contribution in [0.1, 0.15) is 88.5 Å². The zero-order chi connectivity index (χ0) is 17.6. The Balaban J connectivity index is 0.00000102. The summed E-state index contributed by atoms with van der Waals surface area (Å²) in [5.41, 5.74) is 2.43. The first-order valence-electron chi connectivity index (χ1n) is 9.70. The lowest BCUT2D eigenvalue weighted by Crippen LogP contribution is -2.49. The molecule has 0 bridgehead atoms. The summed E-state index contributed by atoms with van der Waals surface area (Å²) in [6.45, 7) is 22.4. The molecular weight excluding hydrogens is 264 g/mol. The zero-order valence-electron chi connectivity index (χ0n) is 17.1. The van der Waals surface area contributed by atoms with E-state index in [1.165, 1.54) is 19.3 Å². The molecule has 0 saturated carbocycles. The van der Waals surface area contributed by atoms with Crippen LogP contribution in [0.5, 0.6) is 0 Å². The van der Waals surface area contributed by atoms with E-state index in [-0.39, 0.29) is 0 Å². The van der Waals surface area contributed by atoms with E-state index in [0.717, 1.165) is 17.8 Å². The van der Waals surface area contributed by atoms with E-state index in [4.69, 9.17) is 0 Å². The molecule has 0 heteroatoms. The Morgan fingerprint density at radius 1 is 1.09 bits per heavy atom. The first-order valence-corrected chi connectivity index (χ1v) is 9.70. The first-order chi connectivity index (χ1) is 10.3. The number of allylic oxidation sites excluding steroid dienone is 4. The average molecular weight is 307 g/mol. The molecule has 2 aliphatic rings. The topological polar surface area (TPSA) is 0 Å². The van der Waals surface area contributed by atoms with Crippen LogP contribution >= 0.6 is 0 Å². The molecule has 0 nitrogen and oxygen atoms in total. The zero-order valence-corrected chi connectivity index (χ0v) is 17.1. The van der Waals surface area contributed by atoms with Crippen molar-refractivity contribution in [3.05, 3.63) is 23.8 Å². The molecule has 22 heavy (non-hydrogen) atoms. The van der Waals surface area contributed by atoms with Gasteiger partial charge in [-0.1, -0.05) is 92.5 Å². The third-order valence-electron chi connectivity index (χ3n) is 6.12. The summed E-state index contributed by atoms with van der Waals surface area (Å²) >= 11 is 0. The van der Waals surface area contributed by atoms with Gasteiger partial charge in [0.15, 0.2) is 0 Å². The van der Waals surface area contributed by atoms with E-state index in [1.807, 2.05) is 27.7 Å². The Morgan fingerprint density at radius 2 is 1.64 bits per heavy atom. The van der Waals surface area contributed by atoms with Crippen molar-refractivity contribution < 1.29 is 0 Å². The van der Waals surface area contributed by atoms with Gasteiger partial charge in [-0.15, -0.1) is 0 Å². The van der Waals surface area contributed by atoms with Crippen LogP contribution in [0, 0.1) is 28.6 Å². The Morgan fingerprint density at radius 3 is 2.09 bits per heavy atom. The Kier molecular flexibility index (Phi) is 8.73. The summed E-state index contributed by atoms with van der Waals surface area (Å²) in [6, 6.07) is 0. The molecular formula is C22H42. The molecule has 2 aliphatic carbocycles. The average Bonchev–Trinajstić information content (AvgIpc) is 2.52. The molecule has 0 heterocycles. The lowest BCUT2D eigenvalue weighted by atomic mass is 9.47. The molecule has 0 radical (unpaired) electrons. The molecule has 1 spiro atoms. The molecule has 2 rings (SSSR count). The maximum atomic E-state index is 2.53. The Hall–Kier alpha value is -0.520. The van der Waals surface area contributed by atoms with Crippen LogP contribution in [0.4, 0.5) is 0 Å². The fraction of sp³-hybridized carbons (Fsp3) is 0.818. The molecule has 0 aromatic rings. The lowest BCUT2D eigenvalue weighted by molar-refractivity contribution is -0.0201. The van der Waals surface area contributed by atoms with Crippen molar-refractivity contribution >= 4 is 0 Å². The highest BCUT2D eigenvalue weighted by atomic mass is 14.6.